The van der Waals surface area contributed by atoms with E-state index in [1.54, 1.807) is 0 Å². The molecular weight excluding hydrogens is 226 g/mol. The molecule has 0 unspecified atom stereocenters. The van der Waals surface area contributed by atoms with E-state index in [4.69, 9.17) is 5.11 Å². The van der Waals surface area contributed by atoms with Crippen LogP contribution in [0.2, 0.25) is 0 Å². The summed E-state index contributed by atoms with van der Waals surface area (Å²) in [6.07, 6.45) is -1.18. The lowest BCUT2D eigenvalue weighted by Crippen LogP contribution is -2.40. The van der Waals surface area contributed by atoms with Crippen molar-refractivity contribution in [3.05, 3.63) is 23.8 Å². The zero-order chi connectivity index (χ0) is 13.0. The second-order valence-electron chi connectivity index (χ2n) is 3.48. The van der Waals surface area contributed by atoms with Crippen LogP contribution in [-0.2, 0) is 9.53 Å². The van der Waals surface area contributed by atoms with E-state index in [2.05, 4.69) is 10.1 Å². The molecule has 0 aliphatic heterocycles. The van der Waals surface area contributed by atoms with Gasteiger partial charge in [-0.3, -0.25) is 4.79 Å². The van der Waals surface area contributed by atoms with E-state index >= 15 is 0 Å². The highest BCUT2D eigenvalue weighted by molar-refractivity contribution is 5.76. The van der Waals surface area contributed by atoms with Crippen molar-refractivity contribution < 1.29 is 24.9 Å². The fraction of sp³-hybridized carbons (Fsp3) is 0.364. The summed E-state index contributed by atoms with van der Waals surface area (Å²) >= 11 is 0. The van der Waals surface area contributed by atoms with Gasteiger partial charge in [0.2, 0.25) is 0 Å². The number of phenolic OH excluding ortho intramolecular Hbond substituents is 2. The summed E-state index contributed by atoms with van der Waals surface area (Å²) in [6.45, 7) is 0. The molecule has 0 spiro atoms. The summed E-state index contributed by atoms with van der Waals surface area (Å²) in [6, 6.07) is 2.89. The first-order valence-electron chi connectivity index (χ1n) is 4.96. The number of phenols is 2. The number of ether oxygens (including phenoxy) is 1. The standard InChI is InChI=1S/C11H15NO5/c1-12-9(11(16)17-2)10(15)6-3-4-7(13)8(14)5-6/h3-5,9-10,12-15H,1-2H3/t9-,10+/m0/s1. The van der Waals surface area contributed by atoms with Crippen LogP contribution in [0.5, 0.6) is 11.5 Å². The largest absolute Gasteiger partial charge is 0.504 e. The van der Waals surface area contributed by atoms with Gasteiger partial charge < -0.3 is 25.4 Å². The smallest absolute Gasteiger partial charge is 0.325 e. The maximum absolute atomic E-state index is 11.4. The van der Waals surface area contributed by atoms with Gasteiger partial charge in [0.05, 0.1) is 7.11 Å². The minimum Gasteiger partial charge on any atom is -0.504 e. The molecule has 4 N–H and O–H groups in total. The van der Waals surface area contributed by atoms with Crippen LogP contribution in [0.3, 0.4) is 0 Å². The highest BCUT2D eigenvalue weighted by atomic mass is 16.5. The van der Waals surface area contributed by atoms with Gasteiger partial charge in [-0.05, 0) is 24.7 Å². The predicted octanol–water partition coefficient (Wildman–Crippen LogP) is -0.108. The van der Waals surface area contributed by atoms with Crippen molar-refractivity contribution in [2.45, 2.75) is 12.1 Å². The lowest BCUT2D eigenvalue weighted by Gasteiger charge is -2.20. The number of rotatable bonds is 4. The van der Waals surface area contributed by atoms with E-state index in [-0.39, 0.29) is 11.5 Å². The summed E-state index contributed by atoms with van der Waals surface area (Å²) in [5, 5.41) is 31.0. The molecule has 1 aromatic carbocycles. The normalized spacial score (nSPS) is 14.1. The Labute approximate surface area is 98.5 Å². The van der Waals surface area contributed by atoms with Crippen molar-refractivity contribution in [2.75, 3.05) is 14.2 Å². The molecule has 0 radical (unpaired) electrons. The van der Waals surface area contributed by atoms with Gasteiger partial charge in [-0.15, -0.1) is 0 Å². The summed E-state index contributed by atoms with van der Waals surface area (Å²) in [5.74, 6) is -1.27. The van der Waals surface area contributed by atoms with Crippen LogP contribution in [0.25, 0.3) is 0 Å². The number of aliphatic hydroxyl groups excluding tert-OH is 1. The summed E-state index contributed by atoms with van der Waals surface area (Å²) in [7, 11) is 2.72. The average Bonchev–Trinajstić information content (AvgIpc) is 2.33. The van der Waals surface area contributed by atoms with Gasteiger partial charge in [-0.2, -0.15) is 0 Å². The van der Waals surface area contributed by atoms with Crippen LogP contribution >= 0.6 is 0 Å². The van der Waals surface area contributed by atoms with Crippen LogP contribution in [0.1, 0.15) is 11.7 Å². The number of hydrogen-bond donors (Lipinski definition) is 4. The first-order chi connectivity index (χ1) is 8.01. The number of methoxy groups -OCH3 is 1. The van der Waals surface area contributed by atoms with Gasteiger partial charge in [-0.1, -0.05) is 6.07 Å². The van der Waals surface area contributed by atoms with E-state index in [1.165, 1.54) is 32.4 Å². The second-order valence-corrected chi connectivity index (χ2v) is 3.48. The molecule has 1 rings (SSSR count). The summed E-state index contributed by atoms with van der Waals surface area (Å²) in [4.78, 5) is 11.4. The number of hydrogen-bond acceptors (Lipinski definition) is 6. The average molecular weight is 241 g/mol. The number of aliphatic hydroxyl groups is 1. The van der Waals surface area contributed by atoms with Gasteiger partial charge in [0.1, 0.15) is 12.1 Å². The Bertz CT molecular complexity index is 407. The van der Waals surface area contributed by atoms with Crippen molar-refractivity contribution in [3.63, 3.8) is 0 Å². The number of aromatic hydroxyl groups is 2. The van der Waals surface area contributed by atoms with E-state index in [1.807, 2.05) is 0 Å². The van der Waals surface area contributed by atoms with E-state index in [0.717, 1.165) is 0 Å². The van der Waals surface area contributed by atoms with Gasteiger partial charge >= 0.3 is 5.97 Å². The lowest BCUT2D eigenvalue weighted by molar-refractivity contribution is -0.146. The molecule has 0 saturated carbocycles. The summed E-state index contributed by atoms with van der Waals surface area (Å²) in [5.41, 5.74) is 0.296. The molecule has 0 aliphatic rings. The minimum atomic E-state index is -1.18. The third-order valence-electron chi connectivity index (χ3n) is 2.42. The quantitative estimate of drug-likeness (QED) is 0.434. The predicted molar refractivity (Wildman–Crippen MR) is 59.6 cm³/mol. The molecule has 0 fully saturated rings. The highest BCUT2D eigenvalue weighted by Crippen LogP contribution is 2.29. The van der Waals surface area contributed by atoms with Gasteiger partial charge in [0, 0.05) is 0 Å². The Morgan fingerprint density at radius 1 is 1.35 bits per heavy atom. The molecule has 1 aromatic rings. The zero-order valence-corrected chi connectivity index (χ0v) is 9.54. The fourth-order valence-corrected chi connectivity index (χ4v) is 1.45. The third kappa shape index (κ3) is 2.86. The summed E-state index contributed by atoms with van der Waals surface area (Å²) < 4.78 is 4.53. The Kier molecular flexibility index (Phi) is 4.30. The van der Waals surface area contributed by atoms with Crippen molar-refractivity contribution in [1.29, 1.82) is 0 Å². The fourth-order valence-electron chi connectivity index (χ4n) is 1.45. The molecule has 0 amide bonds. The number of likely N-dealkylation sites (N-methyl/N-ethyl adjacent to an activating group) is 1. The van der Waals surface area contributed by atoms with Crippen LogP contribution in [0, 0.1) is 0 Å². The van der Waals surface area contributed by atoms with Crippen LogP contribution < -0.4 is 5.32 Å². The Hall–Kier alpha value is -1.79. The van der Waals surface area contributed by atoms with Gasteiger partial charge in [0.15, 0.2) is 11.5 Å². The molecule has 2 atom stereocenters. The number of carbonyl (C=O) groups excluding carboxylic acids is 1. The third-order valence-corrected chi connectivity index (χ3v) is 2.42. The van der Waals surface area contributed by atoms with Crippen molar-refractivity contribution in [2.24, 2.45) is 0 Å². The number of carbonyl (C=O) groups is 1. The lowest BCUT2D eigenvalue weighted by atomic mass is 10.0. The van der Waals surface area contributed by atoms with E-state index in [9.17, 15) is 15.0 Å². The highest BCUT2D eigenvalue weighted by Gasteiger charge is 2.27. The maximum Gasteiger partial charge on any atom is 0.325 e. The first-order valence-corrected chi connectivity index (χ1v) is 4.96. The number of benzene rings is 1. The molecule has 17 heavy (non-hydrogen) atoms. The first kappa shape index (κ1) is 13.3. The number of esters is 1. The minimum absolute atomic E-state index is 0.292. The Balaban J connectivity index is 2.97. The molecule has 0 bridgehead atoms. The van der Waals surface area contributed by atoms with Crippen LogP contribution in [0.15, 0.2) is 18.2 Å². The van der Waals surface area contributed by atoms with E-state index in [0.29, 0.717) is 5.56 Å². The second kappa shape index (κ2) is 5.51. The SMILES string of the molecule is CN[C@H](C(=O)OC)[C@H](O)c1ccc(O)c(O)c1. The van der Waals surface area contributed by atoms with Crippen molar-refractivity contribution in [1.82, 2.24) is 5.32 Å². The molecule has 0 heterocycles. The molecular formula is C11H15NO5. The topological polar surface area (TPSA) is 99.0 Å². The van der Waals surface area contributed by atoms with Gasteiger partial charge in [0.25, 0.3) is 0 Å². The molecule has 6 heteroatoms. The molecule has 0 saturated heterocycles. The molecule has 6 nitrogen and oxygen atoms in total. The van der Waals surface area contributed by atoms with Gasteiger partial charge in [-0.25, -0.2) is 0 Å². The van der Waals surface area contributed by atoms with Crippen molar-refractivity contribution in [3.8, 4) is 11.5 Å². The van der Waals surface area contributed by atoms with Crippen LogP contribution in [-0.4, -0.2) is 41.5 Å². The van der Waals surface area contributed by atoms with Crippen LogP contribution in [0.4, 0.5) is 0 Å². The van der Waals surface area contributed by atoms with Crippen molar-refractivity contribution >= 4 is 5.97 Å². The van der Waals surface area contributed by atoms with E-state index < -0.39 is 18.1 Å². The Morgan fingerprint density at radius 2 is 2.00 bits per heavy atom. The molecule has 0 aromatic heterocycles. The maximum atomic E-state index is 11.4. The monoisotopic (exact) mass is 241 g/mol. The molecule has 0 aliphatic carbocycles. The molecule has 94 valence electrons. The number of nitrogens with one attached hydrogen (secondary N) is 1. The zero-order valence-electron chi connectivity index (χ0n) is 9.54. The Morgan fingerprint density at radius 3 is 2.47 bits per heavy atom.